The molecule has 0 bridgehead atoms. The molecule has 0 aliphatic carbocycles. The number of rotatable bonds is 6. The van der Waals surface area contributed by atoms with Crippen LogP contribution in [0.3, 0.4) is 0 Å². The molecule has 1 aromatic rings. The van der Waals surface area contributed by atoms with Crippen LogP contribution in [0.4, 0.5) is 5.69 Å². The van der Waals surface area contributed by atoms with Gasteiger partial charge < -0.3 is 19.9 Å². The maximum atomic E-state index is 12.7. The van der Waals surface area contributed by atoms with Crippen LogP contribution < -0.4 is 10.2 Å². The molecule has 2 aliphatic heterocycles. The lowest BCUT2D eigenvalue weighted by Crippen LogP contribution is -2.57. The van der Waals surface area contributed by atoms with Gasteiger partial charge in [-0.05, 0) is 12.3 Å². The highest BCUT2D eigenvalue weighted by molar-refractivity contribution is 5.98. The molecule has 0 spiro atoms. The molecule has 29 heavy (non-hydrogen) atoms. The molecule has 9 nitrogen and oxygen atoms in total. The third-order valence-electron chi connectivity index (χ3n) is 5.54. The zero-order chi connectivity index (χ0) is 20.8. The Labute approximate surface area is 173 Å². The Bertz CT molecular complexity index is 697. The molecule has 0 radical (unpaired) electrons. The van der Waals surface area contributed by atoms with Gasteiger partial charge in [0, 0.05) is 59.1 Å². The standard InChI is InChI=1S/C20H35N7O2/c1-16(2)11-17(25-7-9-29-10-8-25)12-22-20(21-3)26-5-6-27(19(28)15-26)18-13-23-24(4)14-18/h13-14,16-17H,5-12,15H2,1-4H3,(H,21,22). The number of ether oxygens (including phenoxy) is 1. The third kappa shape index (κ3) is 5.70. The molecule has 2 saturated heterocycles. The van der Waals surface area contributed by atoms with Gasteiger partial charge in [0.2, 0.25) is 5.91 Å². The first-order valence-electron chi connectivity index (χ1n) is 10.5. The number of aliphatic imine (C=N–C) groups is 1. The highest BCUT2D eigenvalue weighted by atomic mass is 16.5. The van der Waals surface area contributed by atoms with Crippen LogP contribution in [0.25, 0.3) is 0 Å². The lowest BCUT2D eigenvalue weighted by atomic mass is 10.0. The van der Waals surface area contributed by atoms with E-state index in [-0.39, 0.29) is 5.91 Å². The predicted molar refractivity (Wildman–Crippen MR) is 114 cm³/mol. The van der Waals surface area contributed by atoms with Crippen LogP contribution in [0.15, 0.2) is 17.4 Å². The lowest BCUT2D eigenvalue weighted by Gasteiger charge is -2.38. The number of anilines is 1. The summed E-state index contributed by atoms with van der Waals surface area (Å²) >= 11 is 0. The van der Waals surface area contributed by atoms with Crippen LogP contribution in [-0.4, -0.2) is 97.0 Å². The number of nitrogens with zero attached hydrogens (tertiary/aromatic N) is 6. The van der Waals surface area contributed by atoms with Crippen molar-refractivity contribution < 1.29 is 9.53 Å². The second-order valence-corrected chi connectivity index (χ2v) is 8.20. The number of hydrogen-bond donors (Lipinski definition) is 1. The lowest BCUT2D eigenvalue weighted by molar-refractivity contribution is -0.120. The Hall–Kier alpha value is -2.13. The van der Waals surface area contributed by atoms with E-state index < -0.39 is 0 Å². The van der Waals surface area contributed by atoms with E-state index in [1.54, 1.807) is 22.8 Å². The molecule has 2 aliphatic rings. The maximum absolute atomic E-state index is 12.7. The van der Waals surface area contributed by atoms with Crippen LogP contribution in [0.2, 0.25) is 0 Å². The first-order valence-corrected chi connectivity index (χ1v) is 10.5. The Balaban J connectivity index is 1.57. The van der Waals surface area contributed by atoms with Crippen LogP contribution in [0.5, 0.6) is 0 Å². The summed E-state index contributed by atoms with van der Waals surface area (Å²) in [5, 5.41) is 7.70. The molecule has 1 N–H and O–H groups in total. The van der Waals surface area contributed by atoms with Crippen LogP contribution in [0.1, 0.15) is 20.3 Å². The van der Waals surface area contributed by atoms with Crippen molar-refractivity contribution in [3.63, 3.8) is 0 Å². The number of amides is 1. The molecule has 1 amide bonds. The monoisotopic (exact) mass is 405 g/mol. The minimum Gasteiger partial charge on any atom is -0.379 e. The molecule has 3 heterocycles. The van der Waals surface area contributed by atoms with Gasteiger partial charge in [-0.2, -0.15) is 5.10 Å². The van der Waals surface area contributed by atoms with Crippen molar-refractivity contribution in [3.05, 3.63) is 12.4 Å². The predicted octanol–water partition coefficient (Wildman–Crippen LogP) is 0.391. The van der Waals surface area contributed by atoms with Crippen molar-refractivity contribution in [2.45, 2.75) is 26.3 Å². The third-order valence-corrected chi connectivity index (χ3v) is 5.54. The fraction of sp³-hybridized carbons (Fsp3) is 0.750. The average molecular weight is 406 g/mol. The minimum atomic E-state index is 0.0686. The number of guanidine groups is 1. The van der Waals surface area contributed by atoms with E-state index in [0.717, 1.165) is 57.5 Å². The first-order chi connectivity index (χ1) is 14.0. The van der Waals surface area contributed by atoms with E-state index in [4.69, 9.17) is 4.74 Å². The molecule has 1 atom stereocenters. The van der Waals surface area contributed by atoms with E-state index in [1.807, 2.05) is 18.1 Å². The largest absolute Gasteiger partial charge is 0.379 e. The van der Waals surface area contributed by atoms with Gasteiger partial charge in [-0.25, -0.2) is 0 Å². The van der Waals surface area contributed by atoms with Gasteiger partial charge >= 0.3 is 0 Å². The van der Waals surface area contributed by atoms with Gasteiger partial charge in [-0.15, -0.1) is 0 Å². The van der Waals surface area contributed by atoms with Gasteiger partial charge in [0.1, 0.15) is 6.54 Å². The summed E-state index contributed by atoms with van der Waals surface area (Å²) in [6, 6.07) is 0.433. The summed E-state index contributed by atoms with van der Waals surface area (Å²) in [6.45, 7) is 10.6. The van der Waals surface area contributed by atoms with Gasteiger partial charge in [-0.3, -0.25) is 19.4 Å². The van der Waals surface area contributed by atoms with Gasteiger partial charge in [0.05, 0.1) is 25.1 Å². The molecule has 9 heteroatoms. The van der Waals surface area contributed by atoms with E-state index >= 15 is 0 Å². The summed E-state index contributed by atoms with van der Waals surface area (Å²) in [6.07, 6.45) is 4.73. The smallest absolute Gasteiger partial charge is 0.246 e. The first kappa shape index (κ1) is 21.6. The number of aryl methyl sites for hydroxylation is 1. The number of nitrogens with one attached hydrogen (secondary N) is 1. The molecular formula is C20H35N7O2. The minimum absolute atomic E-state index is 0.0686. The molecule has 0 aromatic carbocycles. The summed E-state index contributed by atoms with van der Waals surface area (Å²) in [7, 11) is 3.64. The molecule has 162 valence electrons. The summed E-state index contributed by atoms with van der Waals surface area (Å²) < 4.78 is 7.23. The van der Waals surface area contributed by atoms with Crippen LogP contribution in [0, 0.1) is 5.92 Å². The van der Waals surface area contributed by atoms with Gasteiger partial charge in [0.25, 0.3) is 0 Å². The fourth-order valence-corrected chi connectivity index (χ4v) is 4.06. The van der Waals surface area contributed by atoms with E-state index in [1.165, 1.54) is 0 Å². The van der Waals surface area contributed by atoms with Crippen molar-refractivity contribution in [1.82, 2.24) is 24.9 Å². The van der Waals surface area contributed by atoms with Crippen molar-refractivity contribution in [1.29, 1.82) is 0 Å². The number of morpholine rings is 1. The fourth-order valence-electron chi connectivity index (χ4n) is 4.06. The summed E-state index contributed by atoms with van der Waals surface area (Å²) in [4.78, 5) is 23.5. The van der Waals surface area contributed by atoms with Crippen LogP contribution >= 0.6 is 0 Å². The number of hydrogen-bond acceptors (Lipinski definition) is 5. The normalized spacial score (nSPS) is 20.4. The zero-order valence-electron chi connectivity index (χ0n) is 18.2. The molecule has 2 fully saturated rings. The van der Waals surface area contributed by atoms with Crippen molar-refractivity contribution in [3.8, 4) is 0 Å². The van der Waals surface area contributed by atoms with Crippen LogP contribution in [-0.2, 0) is 16.6 Å². The molecule has 1 unspecified atom stereocenters. The molecule has 3 rings (SSSR count). The SMILES string of the molecule is CN=C(NCC(CC(C)C)N1CCOCC1)N1CCN(c2cnn(C)c2)C(=O)C1. The van der Waals surface area contributed by atoms with E-state index in [0.29, 0.717) is 25.0 Å². The topological polar surface area (TPSA) is 78.2 Å². The van der Waals surface area contributed by atoms with E-state index in [2.05, 4.69) is 34.2 Å². The van der Waals surface area contributed by atoms with Crippen molar-refractivity contribution in [2.24, 2.45) is 18.0 Å². The number of piperazine rings is 1. The zero-order valence-corrected chi connectivity index (χ0v) is 18.2. The second kappa shape index (κ2) is 10.1. The molecular weight excluding hydrogens is 370 g/mol. The van der Waals surface area contributed by atoms with Crippen molar-refractivity contribution >= 4 is 17.6 Å². The Morgan fingerprint density at radius 2 is 2.03 bits per heavy atom. The second-order valence-electron chi connectivity index (χ2n) is 8.20. The Kier molecular flexibility index (Phi) is 7.49. The maximum Gasteiger partial charge on any atom is 0.246 e. The Morgan fingerprint density at radius 3 is 2.62 bits per heavy atom. The molecule has 1 aromatic heterocycles. The Morgan fingerprint density at radius 1 is 1.28 bits per heavy atom. The molecule has 0 saturated carbocycles. The number of carbonyl (C=O) groups excluding carboxylic acids is 1. The van der Waals surface area contributed by atoms with Gasteiger partial charge in [0.15, 0.2) is 5.96 Å². The highest BCUT2D eigenvalue weighted by Crippen LogP contribution is 2.17. The quantitative estimate of drug-likeness (QED) is 0.545. The van der Waals surface area contributed by atoms with E-state index in [9.17, 15) is 4.79 Å². The number of aromatic nitrogens is 2. The summed E-state index contributed by atoms with van der Waals surface area (Å²) in [5.74, 6) is 1.49. The highest BCUT2D eigenvalue weighted by Gasteiger charge is 2.28. The average Bonchev–Trinajstić information content (AvgIpc) is 3.14. The summed E-state index contributed by atoms with van der Waals surface area (Å²) in [5.41, 5.74) is 0.851. The van der Waals surface area contributed by atoms with Crippen molar-refractivity contribution in [2.75, 3.05) is 64.4 Å². The number of carbonyl (C=O) groups is 1. The van der Waals surface area contributed by atoms with Gasteiger partial charge in [-0.1, -0.05) is 13.8 Å².